The Hall–Kier alpha value is -1.07. The van der Waals surface area contributed by atoms with Crippen LogP contribution in [0, 0.1) is 0 Å². The van der Waals surface area contributed by atoms with Gasteiger partial charge >= 0.3 is 0 Å². The van der Waals surface area contributed by atoms with Gasteiger partial charge in [-0.05, 0) is 25.0 Å². The molecule has 0 aromatic heterocycles. The number of sulfone groups is 1. The molecule has 2 unspecified atom stereocenters. The predicted molar refractivity (Wildman–Crippen MR) is 76.1 cm³/mol. The third-order valence-corrected chi connectivity index (χ3v) is 5.46. The molecule has 1 aromatic carbocycles. The van der Waals surface area contributed by atoms with Gasteiger partial charge in [-0.25, -0.2) is 8.42 Å². The molecule has 0 aliphatic heterocycles. The van der Waals surface area contributed by atoms with Crippen LogP contribution in [0.5, 0.6) is 0 Å². The number of hydrogen-bond acceptors (Lipinski definition) is 4. The minimum absolute atomic E-state index is 0.0537. The number of benzene rings is 1. The maximum absolute atomic E-state index is 12.0. The van der Waals surface area contributed by atoms with Crippen LogP contribution in [0.3, 0.4) is 0 Å². The van der Waals surface area contributed by atoms with Crippen LogP contribution in [0.15, 0.2) is 29.2 Å². The largest absolute Gasteiger partial charge is 0.391 e. The number of rotatable bonds is 4. The SMILES string of the molecule is CCS(=O)(=O)c1ccccc1NC1CCCCC1O. The monoisotopic (exact) mass is 283 g/mol. The Morgan fingerprint density at radius 1 is 1.26 bits per heavy atom. The highest BCUT2D eigenvalue weighted by Crippen LogP contribution is 2.27. The summed E-state index contributed by atoms with van der Waals surface area (Å²) in [6, 6.07) is 6.87. The molecule has 4 nitrogen and oxygen atoms in total. The van der Waals surface area contributed by atoms with E-state index in [2.05, 4.69) is 5.32 Å². The lowest BCUT2D eigenvalue weighted by atomic mass is 9.92. The molecule has 2 rings (SSSR count). The molecule has 1 aromatic rings. The van der Waals surface area contributed by atoms with Gasteiger partial charge in [-0.3, -0.25) is 0 Å². The average Bonchev–Trinajstić information content (AvgIpc) is 2.42. The van der Waals surface area contributed by atoms with E-state index in [1.54, 1.807) is 25.1 Å². The van der Waals surface area contributed by atoms with Gasteiger partial charge < -0.3 is 10.4 Å². The second-order valence-electron chi connectivity index (χ2n) is 5.00. The first kappa shape index (κ1) is 14.3. The molecule has 1 aliphatic carbocycles. The molecule has 2 N–H and O–H groups in total. The topological polar surface area (TPSA) is 66.4 Å². The minimum atomic E-state index is -3.24. The summed E-state index contributed by atoms with van der Waals surface area (Å²) in [4.78, 5) is 0.329. The fraction of sp³-hybridized carbons (Fsp3) is 0.571. The van der Waals surface area contributed by atoms with E-state index < -0.39 is 15.9 Å². The van der Waals surface area contributed by atoms with Crippen molar-refractivity contribution >= 4 is 15.5 Å². The second kappa shape index (κ2) is 5.92. The molecular formula is C14H21NO3S. The van der Waals surface area contributed by atoms with Gasteiger partial charge in [-0.2, -0.15) is 0 Å². The van der Waals surface area contributed by atoms with Gasteiger partial charge in [0.1, 0.15) is 0 Å². The molecule has 2 atom stereocenters. The summed E-state index contributed by atoms with van der Waals surface area (Å²) in [5.74, 6) is 0.0823. The number of nitrogens with one attached hydrogen (secondary N) is 1. The first-order valence-corrected chi connectivity index (χ1v) is 8.46. The van der Waals surface area contributed by atoms with Crippen molar-refractivity contribution in [1.29, 1.82) is 0 Å². The summed E-state index contributed by atoms with van der Waals surface area (Å²) in [6.45, 7) is 1.64. The highest BCUT2D eigenvalue weighted by Gasteiger charge is 2.25. The Balaban J connectivity index is 2.25. The van der Waals surface area contributed by atoms with Crippen LogP contribution in [0.25, 0.3) is 0 Å². The molecule has 0 bridgehead atoms. The third kappa shape index (κ3) is 3.28. The van der Waals surface area contributed by atoms with Gasteiger partial charge in [-0.1, -0.05) is 31.9 Å². The van der Waals surface area contributed by atoms with Crippen LogP contribution >= 0.6 is 0 Å². The lowest BCUT2D eigenvalue weighted by molar-refractivity contribution is 0.116. The molecule has 1 fully saturated rings. The normalized spacial score (nSPS) is 24.1. The van der Waals surface area contributed by atoms with Crippen molar-refractivity contribution < 1.29 is 13.5 Å². The Bertz CT molecular complexity index is 527. The Morgan fingerprint density at radius 2 is 1.95 bits per heavy atom. The maximum Gasteiger partial charge on any atom is 0.180 e. The van der Waals surface area contributed by atoms with E-state index in [1.165, 1.54) is 0 Å². The van der Waals surface area contributed by atoms with Crippen molar-refractivity contribution in [2.75, 3.05) is 11.1 Å². The van der Waals surface area contributed by atoms with Gasteiger partial charge in [0.2, 0.25) is 0 Å². The smallest absolute Gasteiger partial charge is 0.180 e. The van der Waals surface area contributed by atoms with Gasteiger partial charge in [0.05, 0.1) is 28.5 Å². The molecule has 1 saturated carbocycles. The van der Waals surface area contributed by atoms with Gasteiger partial charge in [-0.15, -0.1) is 0 Å². The van der Waals surface area contributed by atoms with Gasteiger partial charge in [0, 0.05) is 0 Å². The van der Waals surface area contributed by atoms with Crippen molar-refractivity contribution in [3.8, 4) is 0 Å². The number of anilines is 1. The fourth-order valence-electron chi connectivity index (χ4n) is 2.49. The number of para-hydroxylation sites is 1. The summed E-state index contributed by atoms with van der Waals surface area (Å²) in [7, 11) is -3.24. The Labute approximate surface area is 114 Å². The number of hydrogen-bond donors (Lipinski definition) is 2. The zero-order valence-electron chi connectivity index (χ0n) is 11.2. The molecule has 0 saturated heterocycles. The molecule has 0 spiro atoms. The zero-order valence-corrected chi connectivity index (χ0v) is 12.0. The maximum atomic E-state index is 12.0. The summed E-state index contributed by atoms with van der Waals surface area (Å²) < 4.78 is 24.1. The first-order valence-electron chi connectivity index (χ1n) is 6.81. The van der Waals surface area contributed by atoms with Crippen molar-refractivity contribution in [3.05, 3.63) is 24.3 Å². The first-order chi connectivity index (χ1) is 9.04. The van der Waals surface area contributed by atoms with E-state index in [1.807, 2.05) is 6.07 Å². The molecule has 5 heteroatoms. The summed E-state index contributed by atoms with van der Waals surface area (Å²) in [6.07, 6.45) is 3.36. The summed E-state index contributed by atoms with van der Waals surface area (Å²) in [5.41, 5.74) is 0.607. The van der Waals surface area contributed by atoms with Gasteiger partial charge in [0.25, 0.3) is 0 Å². The van der Waals surface area contributed by atoms with E-state index in [0.29, 0.717) is 10.6 Å². The molecule has 19 heavy (non-hydrogen) atoms. The minimum Gasteiger partial charge on any atom is -0.391 e. The van der Waals surface area contributed by atoms with E-state index in [-0.39, 0.29) is 11.8 Å². The predicted octanol–water partition coefficient (Wildman–Crippen LogP) is 2.20. The van der Waals surface area contributed by atoms with Crippen molar-refractivity contribution in [3.63, 3.8) is 0 Å². The molecule has 0 radical (unpaired) electrons. The zero-order chi connectivity index (χ0) is 13.9. The lowest BCUT2D eigenvalue weighted by Gasteiger charge is -2.29. The third-order valence-electron chi connectivity index (χ3n) is 3.67. The highest BCUT2D eigenvalue weighted by molar-refractivity contribution is 7.91. The summed E-state index contributed by atoms with van der Waals surface area (Å²) >= 11 is 0. The fourth-order valence-corrected chi connectivity index (χ4v) is 3.55. The Kier molecular flexibility index (Phi) is 4.47. The number of aliphatic hydroxyl groups is 1. The van der Waals surface area contributed by atoms with Crippen LogP contribution in [0.2, 0.25) is 0 Å². The van der Waals surface area contributed by atoms with Crippen LogP contribution in [0.1, 0.15) is 32.6 Å². The lowest BCUT2D eigenvalue weighted by Crippen LogP contribution is -2.36. The van der Waals surface area contributed by atoms with E-state index in [0.717, 1.165) is 25.7 Å². The molecular weight excluding hydrogens is 262 g/mol. The summed E-state index contributed by atoms with van der Waals surface area (Å²) in [5, 5.41) is 13.2. The van der Waals surface area contributed by atoms with Crippen LogP contribution in [-0.2, 0) is 9.84 Å². The van der Waals surface area contributed by atoms with E-state index in [4.69, 9.17) is 0 Å². The molecule has 0 heterocycles. The average molecular weight is 283 g/mol. The van der Waals surface area contributed by atoms with Crippen molar-refractivity contribution in [2.24, 2.45) is 0 Å². The van der Waals surface area contributed by atoms with E-state index in [9.17, 15) is 13.5 Å². The quantitative estimate of drug-likeness (QED) is 0.889. The van der Waals surface area contributed by atoms with Crippen LogP contribution < -0.4 is 5.32 Å². The van der Waals surface area contributed by atoms with E-state index >= 15 is 0 Å². The number of aliphatic hydroxyl groups excluding tert-OH is 1. The standard InChI is InChI=1S/C14H21NO3S/c1-2-19(17,18)14-10-6-4-8-12(14)15-11-7-3-5-9-13(11)16/h4,6,8,10-11,13,15-16H,2-3,5,7,9H2,1H3. The van der Waals surface area contributed by atoms with Crippen LogP contribution in [0.4, 0.5) is 5.69 Å². The highest BCUT2D eigenvalue weighted by atomic mass is 32.2. The Morgan fingerprint density at radius 3 is 2.63 bits per heavy atom. The van der Waals surface area contributed by atoms with Crippen molar-refractivity contribution in [1.82, 2.24) is 0 Å². The van der Waals surface area contributed by atoms with Crippen LogP contribution in [-0.4, -0.2) is 31.4 Å². The molecule has 106 valence electrons. The molecule has 1 aliphatic rings. The van der Waals surface area contributed by atoms with Gasteiger partial charge in [0.15, 0.2) is 9.84 Å². The van der Waals surface area contributed by atoms with Crippen molar-refractivity contribution in [2.45, 2.75) is 49.6 Å². The second-order valence-corrected chi connectivity index (χ2v) is 7.25. The molecule has 0 amide bonds.